The van der Waals surface area contributed by atoms with Crippen molar-refractivity contribution in [3.8, 4) is 0 Å². The second kappa shape index (κ2) is 7.37. The van der Waals surface area contributed by atoms with Crippen molar-refractivity contribution in [3.05, 3.63) is 39.9 Å². The predicted octanol–water partition coefficient (Wildman–Crippen LogP) is 3.14. The summed E-state index contributed by atoms with van der Waals surface area (Å²) in [7, 11) is 0. The molecule has 1 amide bonds. The molecule has 0 aliphatic carbocycles. The Bertz CT molecular complexity index is 507. The monoisotopic (exact) mass is 277 g/mol. The van der Waals surface area contributed by atoms with Crippen molar-refractivity contribution in [1.29, 1.82) is 0 Å². The number of nitro benzene ring substituents is 1. The van der Waals surface area contributed by atoms with Crippen LogP contribution in [0.2, 0.25) is 0 Å². The van der Waals surface area contributed by atoms with E-state index < -0.39 is 4.92 Å². The number of carbonyl (C=O) groups excluding carboxylic acids is 1. The smallest absolute Gasteiger partial charge is 0.267 e. The Morgan fingerprint density at radius 1 is 1.35 bits per heavy atom. The van der Waals surface area contributed by atoms with E-state index in [2.05, 4.69) is 24.4 Å². The lowest BCUT2D eigenvalue weighted by atomic mass is 10.1. The molecule has 0 saturated carbocycles. The van der Waals surface area contributed by atoms with E-state index in [0.29, 0.717) is 11.5 Å². The highest BCUT2D eigenvalue weighted by Gasteiger charge is 2.08. The summed E-state index contributed by atoms with van der Waals surface area (Å²) in [6.45, 7) is 6.12. The number of nitro groups is 1. The van der Waals surface area contributed by atoms with Gasteiger partial charge in [0, 0.05) is 23.4 Å². The third-order valence-electron chi connectivity index (χ3n) is 2.77. The summed E-state index contributed by atoms with van der Waals surface area (Å²) in [5.74, 6) is 0.217. The van der Waals surface area contributed by atoms with Crippen LogP contribution in [0.3, 0.4) is 0 Å². The molecule has 6 nitrogen and oxygen atoms in total. The lowest BCUT2D eigenvalue weighted by Gasteiger charge is -2.05. The maximum absolute atomic E-state index is 11.8. The maximum atomic E-state index is 11.8. The van der Waals surface area contributed by atoms with Crippen molar-refractivity contribution in [2.24, 2.45) is 11.0 Å². The number of benzene rings is 1. The number of nitrogens with zero attached hydrogens (tertiary/aromatic N) is 2. The van der Waals surface area contributed by atoms with Crippen LogP contribution in [-0.4, -0.2) is 16.5 Å². The largest absolute Gasteiger partial charge is 0.271 e. The molecule has 0 unspecified atom stereocenters. The summed E-state index contributed by atoms with van der Waals surface area (Å²) in [4.78, 5) is 21.8. The number of hydrogen-bond acceptors (Lipinski definition) is 4. The summed E-state index contributed by atoms with van der Waals surface area (Å²) in [5.41, 5.74) is 3.61. The number of rotatable bonds is 6. The molecule has 0 spiro atoms. The Morgan fingerprint density at radius 3 is 2.45 bits per heavy atom. The highest BCUT2D eigenvalue weighted by atomic mass is 16.6. The highest BCUT2D eigenvalue weighted by molar-refractivity contribution is 5.95. The lowest BCUT2D eigenvalue weighted by molar-refractivity contribution is -0.384. The molecule has 0 heterocycles. The van der Waals surface area contributed by atoms with Gasteiger partial charge in [-0.2, -0.15) is 5.10 Å². The average molecular weight is 277 g/mol. The van der Waals surface area contributed by atoms with Crippen LogP contribution in [0.25, 0.3) is 0 Å². The molecule has 20 heavy (non-hydrogen) atoms. The first kappa shape index (κ1) is 15.8. The van der Waals surface area contributed by atoms with Gasteiger partial charge in [-0.25, -0.2) is 5.43 Å². The molecule has 1 aromatic rings. The minimum absolute atomic E-state index is 0.0434. The molecule has 0 bridgehead atoms. The maximum Gasteiger partial charge on any atom is 0.271 e. The van der Waals surface area contributed by atoms with Gasteiger partial charge in [-0.3, -0.25) is 14.9 Å². The first-order valence-electron chi connectivity index (χ1n) is 6.48. The molecule has 0 radical (unpaired) electrons. The fourth-order valence-corrected chi connectivity index (χ4v) is 1.50. The van der Waals surface area contributed by atoms with E-state index in [1.165, 1.54) is 24.3 Å². The van der Waals surface area contributed by atoms with E-state index >= 15 is 0 Å². The number of nitrogens with one attached hydrogen (secondary N) is 1. The zero-order valence-corrected chi connectivity index (χ0v) is 11.9. The normalized spacial score (nSPS) is 11.5. The standard InChI is InChI=1S/C14H19N3O3/c1-10(2)4-5-11(3)15-16-14(18)12-6-8-13(9-7-12)17(19)20/h6-10H,4-5H2,1-3H3,(H,16,18)/b15-11-. The van der Waals surface area contributed by atoms with Crippen molar-refractivity contribution in [1.82, 2.24) is 5.43 Å². The minimum Gasteiger partial charge on any atom is -0.267 e. The van der Waals surface area contributed by atoms with Crippen molar-refractivity contribution in [2.45, 2.75) is 33.6 Å². The third-order valence-corrected chi connectivity index (χ3v) is 2.77. The molecule has 108 valence electrons. The summed E-state index contributed by atoms with van der Waals surface area (Å²) in [5, 5.41) is 14.5. The first-order chi connectivity index (χ1) is 9.40. The fourth-order valence-electron chi connectivity index (χ4n) is 1.50. The van der Waals surface area contributed by atoms with Gasteiger partial charge in [-0.15, -0.1) is 0 Å². The van der Waals surface area contributed by atoms with Crippen molar-refractivity contribution < 1.29 is 9.72 Å². The molecule has 1 rings (SSSR count). The lowest BCUT2D eigenvalue weighted by Crippen LogP contribution is -2.19. The van der Waals surface area contributed by atoms with Gasteiger partial charge in [0.05, 0.1) is 4.92 Å². The predicted molar refractivity (Wildman–Crippen MR) is 77.7 cm³/mol. The van der Waals surface area contributed by atoms with Gasteiger partial charge in [0.1, 0.15) is 0 Å². The number of amides is 1. The van der Waals surface area contributed by atoms with E-state index in [1.54, 1.807) is 0 Å². The fraction of sp³-hybridized carbons (Fsp3) is 0.429. The van der Waals surface area contributed by atoms with E-state index in [0.717, 1.165) is 18.6 Å². The molecule has 0 fully saturated rings. The van der Waals surface area contributed by atoms with Gasteiger partial charge in [0.25, 0.3) is 11.6 Å². The van der Waals surface area contributed by atoms with Gasteiger partial charge in [0.15, 0.2) is 0 Å². The highest BCUT2D eigenvalue weighted by Crippen LogP contribution is 2.11. The van der Waals surface area contributed by atoms with E-state index in [-0.39, 0.29) is 11.6 Å². The van der Waals surface area contributed by atoms with Crippen LogP contribution in [-0.2, 0) is 0 Å². The molecule has 1 N–H and O–H groups in total. The second-order valence-electron chi connectivity index (χ2n) is 5.02. The zero-order chi connectivity index (χ0) is 15.1. The first-order valence-corrected chi connectivity index (χ1v) is 6.48. The molecule has 0 aliphatic heterocycles. The molecule has 6 heteroatoms. The summed E-state index contributed by atoms with van der Waals surface area (Å²) in [6, 6.07) is 5.41. The Morgan fingerprint density at radius 2 is 1.95 bits per heavy atom. The van der Waals surface area contributed by atoms with Gasteiger partial charge in [-0.05, 0) is 37.8 Å². The molecular weight excluding hydrogens is 258 g/mol. The Kier molecular flexibility index (Phi) is 5.83. The third kappa shape index (κ3) is 5.17. The van der Waals surface area contributed by atoms with Crippen LogP contribution in [0.15, 0.2) is 29.4 Å². The van der Waals surface area contributed by atoms with Crippen molar-refractivity contribution in [2.75, 3.05) is 0 Å². The number of carbonyl (C=O) groups is 1. The van der Waals surface area contributed by atoms with E-state index in [1.807, 2.05) is 6.92 Å². The molecule has 0 saturated heterocycles. The summed E-state index contributed by atoms with van der Waals surface area (Å²) in [6.07, 6.45) is 1.85. The van der Waals surface area contributed by atoms with E-state index in [4.69, 9.17) is 0 Å². The minimum atomic E-state index is -0.504. The number of hydrazone groups is 1. The SMILES string of the molecule is C/C(CCC(C)C)=N/NC(=O)c1ccc([N+](=O)[O-])cc1. The molecule has 0 aromatic heterocycles. The summed E-state index contributed by atoms with van der Waals surface area (Å²) >= 11 is 0. The quantitative estimate of drug-likeness (QED) is 0.492. The van der Waals surface area contributed by atoms with Crippen molar-refractivity contribution in [3.63, 3.8) is 0 Å². The van der Waals surface area contributed by atoms with Crippen molar-refractivity contribution >= 4 is 17.3 Å². The van der Waals surface area contributed by atoms with Crippen LogP contribution in [0.4, 0.5) is 5.69 Å². The molecular formula is C14H19N3O3. The molecule has 1 aromatic carbocycles. The Labute approximate surface area is 118 Å². The van der Waals surface area contributed by atoms with Crippen LogP contribution in [0.1, 0.15) is 44.0 Å². The Balaban J connectivity index is 2.58. The summed E-state index contributed by atoms with van der Waals surface area (Å²) < 4.78 is 0. The Hall–Kier alpha value is -2.24. The van der Waals surface area contributed by atoms with Crippen LogP contribution in [0.5, 0.6) is 0 Å². The second-order valence-corrected chi connectivity index (χ2v) is 5.02. The van der Waals surface area contributed by atoms with Crippen LogP contribution < -0.4 is 5.43 Å². The molecule has 0 aliphatic rings. The number of non-ortho nitro benzene ring substituents is 1. The molecule has 0 atom stereocenters. The van der Waals surface area contributed by atoms with Gasteiger partial charge in [0.2, 0.25) is 0 Å². The zero-order valence-electron chi connectivity index (χ0n) is 11.9. The van der Waals surface area contributed by atoms with Gasteiger partial charge >= 0.3 is 0 Å². The van der Waals surface area contributed by atoms with Crippen LogP contribution >= 0.6 is 0 Å². The number of hydrogen-bond donors (Lipinski definition) is 1. The van der Waals surface area contributed by atoms with Crippen LogP contribution in [0, 0.1) is 16.0 Å². The van der Waals surface area contributed by atoms with Gasteiger partial charge < -0.3 is 0 Å². The average Bonchev–Trinajstić information content (AvgIpc) is 2.42. The topological polar surface area (TPSA) is 84.6 Å². The van der Waals surface area contributed by atoms with Gasteiger partial charge in [-0.1, -0.05) is 13.8 Å². The van der Waals surface area contributed by atoms with E-state index in [9.17, 15) is 14.9 Å².